The lowest BCUT2D eigenvalue weighted by Gasteiger charge is -2.35. The SMILES string of the molecule is ClC12C=CC(C1)C1C3CCC(C3)C12. The lowest BCUT2D eigenvalue weighted by Crippen LogP contribution is -2.33. The lowest BCUT2D eigenvalue weighted by molar-refractivity contribution is 0.214. The number of alkyl halides is 1. The quantitative estimate of drug-likeness (QED) is 0.316. The molecule has 6 atom stereocenters. The highest BCUT2D eigenvalue weighted by Gasteiger charge is 2.63. The van der Waals surface area contributed by atoms with Crippen molar-refractivity contribution in [3.05, 3.63) is 12.2 Å². The van der Waals surface area contributed by atoms with E-state index in [-0.39, 0.29) is 4.87 Å². The molecule has 0 spiro atoms. The second kappa shape index (κ2) is 2.00. The van der Waals surface area contributed by atoms with Gasteiger partial charge in [0.05, 0.1) is 4.87 Å². The number of hydrogen-bond donors (Lipinski definition) is 0. The summed E-state index contributed by atoms with van der Waals surface area (Å²) < 4.78 is 0. The molecule has 13 heavy (non-hydrogen) atoms. The van der Waals surface area contributed by atoms with Crippen LogP contribution in [-0.2, 0) is 0 Å². The Morgan fingerprint density at radius 3 is 2.92 bits per heavy atom. The van der Waals surface area contributed by atoms with Crippen LogP contribution in [0.5, 0.6) is 0 Å². The van der Waals surface area contributed by atoms with Gasteiger partial charge in [0.15, 0.2) is 0 Å². The van der Waals surface area contributed by atoms with Gasteiger partial charge in [0.1, 0.15) is 0 Å². The summed E-state index contributed by atoms with van der Waals surface area (Å²) in [4.78, 5) is 0.106. The molecule has 0 amide bonds. The van der Waals surface area contributed by atoms with Gasteiger partial charge in [-0.15, -0.1) is 11.6 Å². The molecule has 1 heteroatoms. The van der Waals surface area contributed by atoms with E-state index < -0.39 is 0 Å². The summed E-state index contributed by atoms with van der Waals surface area (Å²) in [5.74, 6) is 4.75. The van der Waals surface area contributed by atoms with Gasteiger partial charge in [-0.05, 0) is 55.3 Å². The van der Waals surface area contributed by atoms with Gasteiger partial charge in [-0.2, -0.15) is 0 Å². The molecule has 0 aromatic carbocycles. The molecule has 0 heterocycles. The molecule has 0 N–H and O–H groups in total. The summed E-state index contributed by atoms with van der Waals surface area (Å²) in [5.41, 5.74) is 0. The Balaban J connectivity index is 1.85. The Kier molecular flexibility index (Phi) is 1.13. The smallest absolute Gasteiger partial charge is 0.0665 e. The van der Waals surface area contributed by atoms with Crippen molar-refractivity contribution >= 4 is 11.6 Å². The van der Waals surface area contributed by atoms with Crippen molar-refractivity contribution in [1.29, 1.82) is 0 Å². The van der Waals surface area contributed by atoms with E-state index >= 15 is 0 Å². The van der Waals surface area contributed by atoms with Crippen LogP contribution in [-0.4, -0.2) is 4.87 Å². The topological polar surface area (TPSA) is 0 Å². The van der Waals surface area contributed by atoms with E-state index in [2.05, 4.69) is 12.2 Å². The molecule has 4 rings (SSSR count). The molecule has 0 aliphatic heterocycles. The molecule has 3 fully saturated rings. The molecular weight excluding hydrogens is 180 g/mol. The Morgan fingerprint density at radius 1 is 1.23 bits per heavy atom. The Hall–Kier alpha value is 0.0300. The summed E-state index contributed by atoms with van der Waals surface area (Å²) in [5, 5.41) is 0. The molecule has 4 bridgehead atoms. The summed E-state index contributed by atoms with van der Waals surface area (Å²) in [6.45, 7) is 0. The van der Waals surface area contributed by atoms with Crippen molar-refractivity contribution in [2.75, 3.05) is 0 Å². The number of rotatable bonds is 0. The molecule has 4 aliphatic carbocycles. The third kappa shape index (κ3) is 0.685. The van der Waals surface area contributed by atoms with Gasteiger partial charge in [-0.1, -0.05) is 12.2 Å². The third-order valence-electron chi connectivity index (χ3n) is 5.20. The Morgan fingerprint density at radius 2 is 2.08 bits per heavy atom. The molecule has 6 unspecified atom stereocenters. The second-order valence-electron chi connectivity index (χ2n) is 5.59. The zero-order valence-corrected chi connectivity index (χ0v) is 8.50. The van der Waals surface area contributed by atoms with Crippen molar-refractivity contribution in [2.45, 2.75) is 30.6 Å². The first-order valence-electron chi connectivity index (χ1n) is 5.66. The molecular formula is C12H15Cl. The highest BCUT2D eigenvalue weighted by Crippen LogP contribution is 2.68. The van der Waals surface area contributed by atoms with Gasteiger partial charge >= 0.3 is 0 Å². The minimum Gasteiger partial charge on any atom is -0.114 e. The standard InChI is InChI=1S/C12H15Cl/c13-12-4-3-9(6-12)10-7-1-2-8(5-7)11(10)12/h3-4,7-11H,1-2,5-6H2. The van der Waals surface area contributed by atoms with Gasteiger partial charge in [-0.25, -0.2) is 0 Å². The van der Waals surface area contributed by atoms with Crippen LogP contribution < -0.4 is 0 Å². The van der Waals surface area contributed by atoms with E-state index in [1.807, 2.05) is 0 Å². The van der Waals surface area contributed by atoms with E-state index in [0.29, 0.717) is 0 Å². The maximum absolute atomic E-state index is 6.71. The minimum absolute atomic E-state index is 0.106. The van der Waals surface area contributed by atoms with Gasteiger partial charge in [0.2, 0.25) is 0 Å². The molecule has 3 saturated carbocycles. The average molecular weight is 195 g/mol. The van der Waals surface area contributed by atoms with Gasteiger partial charge in [-0.3, -0.25) is 0 Å². The molecule has 0 aromatic rings. The van der Waals surface area contributed by atoms with Crippen LogP contribution in [0.4, 0.5) is 0 Å². The minimum atomic E-state index is 0.106. The van der Waals surface area contributed by atoms with Crippen LogP contribution in [0.2, 0.25) is 0 Å². The van der Waals surface area contributed by atoms with E-state index in [1.54, 1.807) is 0 Å². The number of fused-ring (bicyclic) bond motifs is 9. The van der Waals surface area contributed by atoms with E-state index in [9.17, 15) is 0 Å². The fourth-order valence-electron chi connectivity index (χ4n) is 4.96. The van der Waals surface area contributed by atoms with Crippen LogP contribution in [0.3, 0.4) is 0 Å². The lowest BCUT2D eigenvalue weighted by atomic mass is 9.73. The second-order valence-corrected chi connectivity index (χ2v) is 6.29. The van der Waals surface area contributed by atoms with Crippen molar-refractivity contribution < 1.29 is 0 Å². The molecule has 70 valence electrons. The predicted octanol–water partition coefficient (Wildman–Crippen LogP) is 3.22. The van der Waals surface area contributed by atoms with E-state index in [1.165, 1.54) is 25.7 Å². The first-order chi connectivity index (χ1) is 6.28. The average Bonchev–Trinajstić information content (AvgIpc) is 2.76. The van der Waals surface area contributed by atoms with Crippen molar-refractivity contribution in [1.82, 2.24) is 0 Å². The zero-order valence-electron chi connectivity index (χ0n) is 7.75. The summed E-state index contributed by atoms with van der Waals surface area (Å²) in [6.07, 6.45) is 10.5. The van der Waals surface area contributed by atoms with Gasteiger partial charge < -0.3 is 0 Å². The van der Waals surface area contributed by atoms with Gasteiger partial charge in [0, 0.05) is 0 Å². The van der Waals surface area contributed by atoms with Crippen molar-refractivity contribution in [3.8, 4) is 0 Å². The fourth-order valence-corrected chi connectivity index (χ4v) is 5.53. The molecule has 0 radical (unpaired) electrons. The summed E-state index contributed by atoms with van der Waals surface area (Å²) in [6, 6.07) is 0. The van der Waals surface area contributed by atoms with Crippen LogP contribution in [0.15, 0.2) is 12.2 Å². The fraction of sp³-hybridized carbons (Fsp3) is 0.833. The highest BCUT2D eigenvalue weighted by atomic mass is 35.5. The molecule has 4 aliphatic rings. The maximum atomic E-state index is 6.71. The van der Waals surface area contributed by atoms with E-state index in [4.69, 9.17) is 11.6 Å². The van der Waals surface area contributed by atoms with Crippen LogP contribution in [0.25, 0.3) is 0 Å². The summed E-state index contributed by atoms with van der Waals surface area (Å²) >= 11 is 6.71. The van der Waals surface area contributed by atoms with Crippen molar-refractivity contribution in [2.24, 2.45) is 29.6 Å². The van der Waals surface area contributed by atoms with E-state index in [0.717, 1.165) is 29.6 Å². The first-order valence-corrected chi connectivity index (χ1v) is 6.04. The third-order valence-corrected chi connectivity index (χ3v) is 5.73. The van der Waals surface area contributed by atoms with Crippen LogP contribution in [0.1, 0.15) is 25.7 Å². The molecule has 0 saturated heterocycles. The maximum Gasteiger partial charge on any atom is 0.0665 e. The zero-order chi connectivity index (χ0) is 8.63. The van der Waals surface area contributed by atoms with Crippen LogP contribution in [0, 0.1) is 29.6 Å². The monoisotopic (exact) mass is 194 g/mol. The largest absolute Gasteiger partial charge is 0.114 e. The number of halogens is 1. The van der Waals surface area contributed by atoms with Crippen molar-refractivity contribution in [3.63, 3.8) is 0 Å². The Labute approximate surface area is 84.3 Å². The highest BCUT2D eigenvalue weighted by molar-refractivity contribution is 6.26. The molecule has 0 aromatic heterocycles. The molecule has 0 nitrogen and oxygen atoms in total. The predicted molar refractivity (Wildman–Crippen MR) is 53.6 cm³/mol. The Bertz CT molecular complexity index is 295. The van der Waals surface area contributed by atoms with Gasteiger partial charge in [0.25, 0.3) is 0 Å². The summed E-state index contributed by atoms with van der Waals surface area (Å²) in [7, 11) is 0. The van der Waals surface area contributed by atoms with Crippen LogP contribution >= 0.6 is 11.6 Å². The number of allylic oxidation sites excluding steroid dienone is 2. The normalized spacial score (nSPS) is 66.4. The number of hydrogen-bond acceptors (Lipinski definition) is 0. The first kappa shape index (κ1) is 7.34.